The van der Waals surface area contributed by atoms with Crippen LogP contribution in [0.2, 0.25) is 10.0 Å². The summed E-state index contributed by atoms with van der Waals surface area (Å²) in [7, 11) is 0. The Kier molecular flexibility index (Phi) is 6.74. The molecule has 1 aliphatic carbocycles. The monoisotopic (exact) mass is 489 g/mol. The van der Waals surface area contributed by atoms with Crippen LogP contribution in [-0.4, -0.2) is 47.0 Å². The van der Waals surface area contributed by atoms with Crippen LogP contribution in [0.3, 0.4) is 0 Å². The zero-order valence-corrected chi connectivity index (χ0v) is 20.4. The lowest BCUT2D eigenvalue weighted by Crippen LogP contribution is -2.49. The minimum atomic E-state index is -2.04. The number of carbonyl (C=O) groups excluding carboxylic acids is 2. The topological polar surface area (TPSA) is 86.9 Å². The number of carbonyl (C=O) groups is 2. The molecule has 3 N–H and O–H groups in total. The fraction of sp³-hybridized carbons (Fsp3) is 0.440. The average Bonchev–Trinajstić information content (AvgIpc) is 3.03. The van der Waals surface area contributed by atoms with Gasteiger partial charge in [0.05, 0.1) is 10.7 Å². The van der Waals surface area contributed by atoms with E-state index in [1.807, 2.05) is 0 Å². The molecule has 1 saturated carbocycles. The molecule has 2 amide bonds. The molecule has 0 radical (unpaired) electrons. The Morgan fingerprint density at radius 1 is 1.12 bits per heavy atom. The van der Waals surface area contributed by atoms with Crippen LogP contribution in [0, 0.1) is 0 Å². The molecule has 2 aliphatic rings. The molecule has 1 unspecified atom stereocenters. The van der Waals surface area contributed by atoms with E-state index in [1.54, 1.807) is 35.2 Å². The zero-order valence-electron chi connectivity index (χ0n) is 18.9. The van der Waals surface area contributed by atoms with Gasteiger partial charge in [0.1, 0.15) is 0 Å². The number of hydrogen-bond acceptors (Lipinski definition) is 4. The van der Waals surface area contributed by atoms with E-state index in [1.165, 1.54) is 6.07 Å². The van der Waals surface area contributed by atoms with Crippen molar-refractivity contribution in [1.82, 2.24) is 4.90 Å². The van der Waals surface area contributed by atoms with Gasteiger partial charge in [-0.1, -0.05) is 55.2 Å². The standard InChI is InChI=1S/C25H29Cl2N3O3/c1-3-29(4-2)16-9-11-17(12-10-16)30-21-14-15(23(28)31)13-20(27)22(21)25(33,24(30)32)18-7-5-6-8-19(18)26/h5-8,13-14,16-17,33H,3-4,9-12H2,1-2H3,(H2,28,31). The van der Waals surface area contributed by atoms with Gasteiger partial charge in [0, 0.05) is 33.8 Å². The first-order chi connectivity index (χ1) is 15.7. The summed E-state index contributed by atoms with van der Waals surface area (Å²) in [5.41, 5.74) is 4.62. The van der Waals surface area contributed by atoms with Crippen LogP contribution in [0.15, 0.2) is 36.4 Å². The molecule has 1 fully saturated rings. The van der Waals surface area contributed by atoms with E-state index in [4.69, 9.17) is 28.9 Å². The van der Waals surface area contributed by atoms with Crippen LogP contribution < -0.4 is 10.6 Å². The van der Waals surface area contributed by atoms with Crippen LogP contribution in [0.4, 0.5) is 5.69 Å². The van der Waals surface area contributed by atoms with Gasteiger partial charge in [-0.3, -0.25) is 9.59 Å². The van der Waals surface area contributed by atoms with E-state index in [-0.39, 0.29) is 32.8 Å². The lowest BCUT2D eigenvalue weighted by molar-refractivity contribution is -0.132. The molecular formula is C25H29Cl2N3O3. The van der Waals surface area contributed by atoms with Crippen molar-refractivity contribution in [1.29, 1.82) is 0 Å². The fourth-order valence-corrected chi connectivity index (χ4v) is 6.09. The maximum Gasteiger partial charge on any atom is 0.268 e. The van der Waals surface area contributed by atoms with Gasteiger partial charge < -0.3 is 20.6 Å². The van der Waals surface area contributed by atoms with Crippen molar-refractivity contribution >= 4 is 40.7 Å². The molecule has 6 nitrogen and oxygen atoms in total. The number of hydrogen-bond donors (Lipinski definition) is 2. The van der Waals surface area contributed by atoms with Crippen molar-refractivity contribution in [3.63, 3.8) is 0 Å². The molecule has 0 aromatic heterocycles. The first kappa shape index (κ1) is 24.0. The van der Waals surface area contributed by atoms with Gasteiger partial charge in [-0.05, 0) is 57.0 Å². The van der Waals surface area contributed by atoms with Crippen LogP contribution in [-0.2, 0) is 10.4 Å². The lowest BCUT2D eigenvalue weighted by atomic mass is 9.86. The second-order valence-electron chi connectivity index (χ2n) is 8.77. The SMILES string of the molecule is CCN(CC)C1CCC(N2C(=O)C(O)(c3ccccc3Cl)c3c(Cl)cc(C(N)=O)cc32)CC1. The van der Waals surface area contributed by atoms with Crippen molar-refractivity contribution in [2.24, 2.45) is 5.73 Å². The van der Waals surface area contributed by atoms with Crippen LogP contribution in [0.1, 0.15) is 61.0 Å². The quantitative estimate of drug-likeness (QED) is 0.631. The number of anilines is 1. The number of rotatable bonds is 6. The van der Waals surface area contributed by atoms with E-state index in [0.29, 0.717) is 11.7 Å². The molecule has 4 rings (SSSR count). The number of amides is 2. The zero-order chi connectivity index (χ0) is 23.9. The summed E-state index contributed by atoms with van der Waals surface area (Å²) in [6.45, 7) is 6.29. The fourth-order valence-electron chi connectivity index (χ4n) is 5.46. The predicted octanol–water partition coefficient (Wildman–Crippen LogP) is 4.33. The van der Waals surface area contributed by atoms with Crippen LogP contribution in [0.5, 0.6) is 0 Å². The van der Waals surface area contributed by atoms with Gasteiger partial charge in [-0.15, -0.1) is 0 Å². The molecule has 1 atom stereocenters. The molecule has 0 spiro atoms. The number of primary amides is 1. The van der Waals surface area contributed by atoms with Crippen molar-refractivity contribution in [2.75, 3.05) is 18.0 Å². The Bertz CT molecular complexity index is 1080. The summed E-state index contributed by atoms with van der Waals surface area (Å²) in [5, 5.41) is 12.3. The number of aliphatic hydroxyl groups is 1. The molecule has 2 aromatic rings. The molecule has 0 bridgehead atoms. The Morgan fingerprint density at radius 3 is 2.33 bits per heavy atom. The normalized spacial score (nSPS) is 24.9. The number of fused-ring (bicyclic) bond motifs is 1. The molecule has 1 aliphatic heterocycles. The van der Waals surface area contributed by atoms with Gasteiger partial charge in [0.15, 0.2) is 5.60 Å². The highest BCUT2D eigenvalue weighted by atomic mass is 35.5. The van der Waals surface area contributed by atoms with Crippen molar-refractivity contribution in [3.8, 4) is 0 Å². The predicted molar refractivity (Wildman–Crippen MR) is 131 cm³/mol. The maximum atomic E-state index is 13.9. The number of nitrogens with zero attached hydrogens (tertiary/aromatic N) is 2. The first-order valence-corrected chi connectivity index (χ1v) is 12.2. The van der Waals surface area contributed by atoms with E-state index in [0.717, 1.165) is 38.8 Å². The van der Waals surface area contributed by atoms with E-state index in [9.17, 15) is 14.7 Å². The summed E-state index contributed by atoms with van der Waals surface area (Å²) in [4.78, 5) is 30.0. The van der Waals surface area contributed by atoms with E-state index >= 15 is 0 Å². The largest absolute Gasteiger partial charge is 0.372 e. The Balaban J connectivity index is 1.80. The molecule has 1 heterocycles. The van der Waals surface area contributed by atoms with Gasteiger partial charge in [0.25, 0.3) is 5.91 Å². The summed E-state index contributed by atoms with van der Waals surface area (Å²) < 4.78 is 0. The highest BCUT2D eigenvalue weighted by molar-refractivity contribution is 6.35. The lowest BCUT2D eigenvalue weighted by Gasteiger charge is -2.39. The number of halogens is 2. The number of benzene rings is 2. The Morgan fingerprint density at radius 2 is 1.76 bits per heavy atom. The Labute approximate surface area is 204 Å². The molecule has 33 heavy (non-hydrogen) atoms. The average molecular weight is 490 g/mol. The summed E-state index contributed by atoms with van der Waals surface area (Å²) in [6.07, 6.45) is 3.45. The van der Waals surface area contributed by atoms with Gasteiger partial charge in [-0.2, -0.15) is 0 Å². The smallest absolute Gasteiger partial charge is 0.268 e. The molecule has 8 heteroatoms. The summed E-state index contributed by atoms with van der Waals surface area (Å²) in [6, 6.07) is 10.0. The van der Waals surface area contributed by atoms with Crippen molar-refractivity contribution < 1.29 is 14.7 Å². The first-order valence-electron chi connectivity index (χ1n) is 11.4. The number of nitrogens with two attached hydrogens (primary N) is 1. The highest BCUT2D eigenvalue weighted by Gasteiger charge is 2.55. The second kappa shape index (κ2) is 9.26. The minimum Gasteiger partial charge on any atom is -0.372 e. The molecule has 176 valence electrons. The molecule has 2 aromatic carbocycles. The van der Waals surface area contributed by atoms with E-state index in [2.05, 4.69) is 18.7 Å². The van der Waals surface area contributed by atoms with Gasteiger partial charge >= 0.3 is 0 Å². The van der Waals surface area contributed by atoms with Gasteiger partial charge in [0.2, 0.25) is 5.91 Å². The maximum absolute atomic E-state index is 13.9. The van der Waals surface area contributed by atoms with Crippen LogP contribution >= 0.6 is 23.2 Å². The molecule has 0 saturated heterocycles. The Hall–Kier alpha value is -2.12. The minimum absolute atomic E-state index is 0.108. The van der Waals surface area contributed by atoms with Crippen LogP contribution in [0.25, 0.3) is 0 Å². The molecular weight excluding hydrogens is 461 g/mol. The van der Waals surface area contributed by atoms with Crippen molar-refractivity contribution in [3.05, 3.63) is 63.1 Å². The second-order valence-corrected chi connectivity index (χ2v) is 9.58. The third-order valence-corrected chi connectivity index (χ3v) is 7.76. The summed E-state index contributed by atoms with van der Waals surface area (Å²) in [5.74, 6) is -1.15. The van der Waals surface area contributed by atoms with Crippen molar-refractivity contribution in [2.45, 2.75) is 57.2 Å². The van der Waals surface area contributed by atoms with Gasteiger partial charge in [-0.25, -0.2) is 0 Å². The third kappa shape index (κ3) is 3.93. The highest BCUT2D eigenvalue weighted by Crippen LogP contribution is 2.51. The third-order valence-electron chi connectivity index (χ3n) is 7.13. The summed E-state index contributed by atoms with van der Waals surface area (Å²) >= 11 is 13.0. The van der Waals surface area contributed by atoms with E-state index < -0.39 is 17.4 Å².